The van der Waals surface area contributed by atoms with Crippen LogP contribution in [0, 0.1) is 10.1 Å². The third kappa shape index (κ3) is 5.26. The van der Waals surface area contributed by atoms with E-state index in [1.54, 1.807) is 6.92 Å². The number of nitrogens with zero attached hydrogens (tertiary/aromatic N) is 1. The summed E-state index contributed by atoms with van der Waals surface area (Å²) in [5.41, 5.74) is -1.40. The fraction of sp³-hybridized carbons (Fsp3) is 0.235. The Hall–Kier alpha value is -2.52. The van der Waals surface area contributed by atoms with Crippen molar-refractivity contribution in [2.24, 2.45) is 0 Å². The van der Waals surface area contributed by atoms with Gasteiger partial charge in [0.05, 0.1) is 15.5 Å². The van der Waals surface area contributed by atoms with Gasteiger partial charge in [-0.3, -0.25) is 14.9 Å². The predicted octanol–water partition coefficient (Wildman–Crippen LogP) is 5.98. The highest BCUT2D eigenvalue weighted by Crippen LogP contribution is 2.38. The standard InChI is InChI=1S/C17H12Cl2F3NO5/c1-2-13(16(19)24)28-15-8-10(4-5-12(15)23(25)26)27-14-6-3-9(7-11(14)18)17(20,21)22/h3-8,13H,2H2,1H3. The molecule has 0 aromatic heterocycles. The summed E-state index contributed by atoms with van der Waals surface area (Å²) in [5, 5.41) is 10.0. The van der Waals surface area contributed by atoms with Crippen LogP contribution in [0.25, 0.3) is 0 Å². The zero-order valence-electron chi connectivity index (χ0n) is 14.1. The first-order valence-electron chi connectivity index (χ1n) is 7.72. The van der Waals surface area contributed by atoms with Gasteiger partial charge in [-0.05, 0) is 42.3 Å². The molecule has 2 aromatic carbocycles. The van der Waals surface area contributed by atoms with Gasteiger partial charge in [-0.25, -0.2) is 0 Å². The van der Waals surface area contributed by atoms with Gasteiger partial charge in [0, 0.05) is 12.1 Å². The van der Waals surface area contributed by atoms with Crippen molar-refractivity contribution in [1.29, 1.82) is 0 Å². The highest BCUT2D eigenvalue weighted by Gasteiger charge is 2.31. The third-order valence-corrected chi connectivity index (χ3v) is 4.05. The van der Waals surface area contributed by atoms with E-state index in [4.69, 9.17) is 32.7 Å². The van der Waals surface area contributed by atoms with E-state index in [0.29, 0.717) is 6.07 Å². The lowest BCUT2D eigenvalue weighted by Gasteiger charge is -2.15. The van der Waals surface area contributed by atoms with Crippen molar-refractivity contribution < 1.29 is 32.4 Å². The molecule has 0 heterocycles. The quantitative estimate of drug-likeness (QED) is 0.302. The molecule has 2 aromatic rings. The summed E-state index contributed by atoms with van der Waals surface area (Å²) in [6.07, 6.45) is -5.53. The number of rotatable bonds is 7. The van der Waals surface area contributed by atoms with Crippen LogP contribution in [0.3, 0.4) is 0 Å². The topological polar surface area (TPSA) is 78.7 Å². The van der Waals surface area contributed by atoms with Gasteiger partial charge in [0.15, 0.2) is 6.10 Å². The molecule has 28 heavy (non-hydrogen) atoms. The van der Waals surface area contributed by atoms with Gasteiger partial charge in [0.2, 0.25) is 5.75 Å². The fourth-order valence-electron chi connectivity index (χ4n) is 2.13. The predicted molar refractivity (Wildman–Crippen MR) is 95.2 cm³/mol. The first-order chi connectivity index (χ1) is 13.0. The summed E-state index contributed by atoms with van der Waals surface area (Å²) in [5.74, 6) is -0.388. The van der Waals surface area contributed by atoms with E-state index in [1.165, 1.54) is 6.07 Å². The average Bonchev–Trinajstić information content (AvgIpc) is 2.60. The first kappa shape index (κ1) is 21.8. The number of halogens is 5. The molecule has 0 bridgehead atoms. The lowest BCUT2D eigenvalue weighted by atomic mass is 10.2. The lowest BCUT2D eigenvalue weighted by molar-refractivity contribution is -0.386. The van der Waals surface area contributed by atoms with E-state index in [1.807, 2.05) is 0 Å². The molecule has 0 N–H and O–H groups in total. The van der Waals surface area contributed by atoms with Crippen molar-refractivity contribution in [3.63, 3.8) is 0 Å². The van der Waals surface area contributed by atoms with Crippen molar-refractivity contribution in [3.8, 4) is 17.2 Å². The highest BCUT2D eigenvalue weighted by atomic mass is 35.5. The Labute approximate surface area is 166 Å². The molecule has 0 saturated heterocycles. The molecule has 150 valence electrons. The molecular weight excluding hydrogens is 426 g/mol. The molecule has 6 nitrogen and oxygen atoms in total. The summed E-state index contributed by atoms with van der Waals surface area (Å²) in [6.45, 7) is 1.60. The van der Waals surface area contributed by atoms with Gasteiger partial charge >= 0.3 is 11.9 Å². The summed E-state index contributed by atoms with van der Waals surface area (Å²) >= 11 is 11.2. The maximum Gasteiger partial charge on any atom is 0.416 e. The highest BCUT2D eigenvalue weighted by molar-refractivity contribution is 6.64. The van der Waals surface area contributed by atoms with Crippen LogP contribution in [0.15, 0.2) is 36.4 Å². The van der Waals surface area contributed by atoms with Gasteiger partial charge in [-0.15, -0.1) is 0 Å². The van der Waals surface area contributed by atoms with Gasteiger partial charge in [0.1, 0.15) is 11.5 Å². The van der Waals surface area contributed by atoms with Crippen LogP contribution in [-0.2, 0) is 11.0 Å². The SMILES string of the molecule is CCC(Oc1cc(Oc2ccc(C(F)(F)F)cc2Cl)ccc1[N+](=O)[O-])C(=O)Cl. The van der Waals surface area contributed by atoms with Gasteiger partial charge in [-0.2, -0.15) is 13.2 Å². The first-order valence-corrected chi connectivity index (χ1v) is 8.47. The Morgan fingerprint density at radius 3 is 2.39 bits per heavy atom. The van der Waals surface area contributed by atoms with E-state index >= 15 is 0 Å². The molecule has 2 rings (SSSR count). The molecule has 0 amide bonds. The normalized spacial score (nSPS) is 12.4. The maximum absolute atomic E-state index is 12.7. The van der Waals surface area contributed by atoms with Crippen LogP contribution in [0.1, 0.15) is 18.9 Å². The van der Waals surface area contributed by atoms with Crippen molar-refractivity contribution in [2.45, 2.75) is 25.6 Å². The van der Waals surface area contributed by atoms with Crippen LogP contribution in [0.4, 0.5) is 18.9 Å². The lowest BCUT2D eigenvalue weighted by Crippen LogP contribution is -2.22. The van der Waals surface area contributed by atoms with E-state index in [9.17, 15) is 28.1 Å². The summed E-state index contributed by atoms with van der Waals surface area (Å²) in [7, 11) is 0. The second kappa shape index (κ2) is 8.66. The molecule has 0 aliphatic heterocycles. The van der Waals surface area contributed by atoms with Gasteiger partial charge in [0.25, 0.3) is 5.24 Å². The second-order valence-electron chi connectivity index (χ2n) is 5.45. The number of hydrogen-bond donors (Lipinski definition) is 0. The Bertz CT molecular complexity index is 905. The van der Waals surface area contributed by atoms with E-state index in [2.05, 4.69) is 0 Å². The number of ether oxygens (including phenoxy) is 2. The van der Waals surface area contributed by atoms with Crippen LogP contribution >= 0.6 is 23.2 Å². The Balaban J connectivity index is 2.35. The molecule has 0 aliphatic carbocycles. The smallest absolute Gasteiger partial charge is 0.416 e. The van der Waals surface area contributed by atoms with Crippen molar-refractivity contribution in [1.82, 2.24) is 0 Å². The molecule has 0 radical (unpaired) electrons. The molecule has 0 fully saturated rings. The van der Waals surface area contributed by atoms with Crippen LogP contribution in [-0.4, -0.2) is 16.3 Å². The number of hydrogen-bond acceptors (Lipinski definition) is 5. The summed E-state index contributed by atoms with van der Waals surface area (Å²) < 4.78 is 48.8. The summed E-state index contributed by atoms with van der Waals surface area (Å²) in [6, 6.07) is 5.89. The number of carbonyl (C=O) groups is 1. The molecule has 1 unspecified atom stereocenters. The Kier molecular flexibility index (Phi) is 6.73. The zero-order chi connectivity index (χ0) is 21.1. The third-order valence-electron chi connectivity index (χ3n) is 3.51. The minimum absolute atomic E-state index is 0.000803. The largest absolute Gasteiger partial charge is 0.474 e. The number of carbonyl (C=O) groups excluding carboxylic acids is 1. The van der Waals surface area contributed by atoms with Crippen molar-refractivity contribution >= 4 is 34.1 Å². The molecule has 0 aliphatic rings. The van der Waals surface area contributed by atoms with E-state index in [0.717, 1.165) is 24.3 Å². The van der Waals surface area contributed by atoms with Crippen molar-refractivity contribution in [2.75, 3.05) is 0 Å². The molecule has 0 spiro atoms. The molecular formula is C17H12Cl2F3NO5. The van der Waals surface area contributed by atoms with Gasteiger partial charge in [-0.1, -0.05) is 18.5 Å². The van der Waals surface area contributed by atoms with Crippen molar-refractivity contribution in [3.05, 3.63) is 57.1 Å². The number of nitro benzene ring substituents is 1. The number of nitro groups is 1. The van der Waals surface area contributed by atoms with Gasteiger partial charge < -0.3 is 9.47 Å². The maximum atomic E-state index is 12.7. The minimum atomic E-state index is -4.57. The minimum Gasteiger partial charge on any atom is -0.474 e. The Morgan fingerprint density at radius 2 is 1.89 bits per heavy atom. The van der Waals surface area contributed by atoms with E-state index < -0.39 is 33.7 Å². The van der Waals surface area contributed by atoms with Crippen LogP contribution < -0.4 is 9.47 Å². The van der Waals surface area contributed by atoms with E-state index in [-0.39, 0.29) is 28.7 Å². The number of alkyl halides is 3. The average molecular weight is 438 g/mol. The van der Waals surface area contributed by atoms with Crippen LogP contribution in [0.5, 0.6) is 17.2 Å². The molecule has 0 saturated carbocycles. The molecule has 11 heteroatoms. The summed E-state index contributed by atoms with van der Waals surface area (Å²) in [4.78, 5) is 21.8. The second-order valence-corrected chi connectivity index (χ2v) is 6.23. The fourth-order valence-corrected chi connectivity index (χ4v) is 2.55. The molecule has 1 atom stereocenters. The monoisotopic (exact) mass is 437 g/mol. The van der Waals surface area contributed by atoms with Crippen LogP contribution in [0.2, 0.25) is 5.02 Å². The Morgan fingerprint density at radius 1 is 1.21 bits per heavy atom. The number of benzene rings is 2. The zero-order valence-corrected chi connectivity index (χ0v) is 15.6.